The highest BCUT2D eigenvalue weighted by molar-refractivity contribution is 5.68. The van der Waals surface area contributed by atoms with E-state index in [9.17, 15) is 5.11 Å². The minimum Gasteiger partial charge on any atom is -0.508 e. The molecule has 0 bridgehead atoms. The molecule has 2 fully saturated rings. The summed E-state index contributed by atoms with van der Waals surface area (Å²) in [6.07, 6.45) is 14.4. The predicted octanol–water partition coefficient (Wildman–Crippen LogP) is 8.25. The average Bonchev–Trinajstić information content (AvgIpc) is 2.75. The second kappa shape index (κ2) is 9.37. The second-order valence-electron chi connectivity index (χ2n) is 9.80. The van der Waals surface area contributed by atoms with Crippen molar-refractivity contribution in [3.8, 4) is 16.9 Å². The van der Waals surface area contributed by atoms with Crippen LogP contribution in [-0.4, -0.2) is 5.11 Å². The molecular weight excluding hydrogens is 352 g/mol. The minimum atomic E-state index is 0.332. The lowest BCUT2D eigenvalue weighted by molar-refractivity contribution is 0.156. The van der Waals surface area contributed by atoms with Crippen molar-refractivity contribution in [2.75, 3.05) is 0 Å². The smallest absolute Gasteiger partial charge is 0.115 e. The summed E-state index contributed by atoms with van der Waals surface area (Å²) in [4.78, 5) is 0. The molecule has 1 heteroatoms. The maximum atomic E-state index is 9.54. The molecule has 0 saturated heterocycles. The molecule has 0 aromatic heterocycles. The number of hydrogen-bond donors (Lipinski definition) is 1. The Kier molecular flexibility index (Phi) is 6.63. The van der Waals surface area contributed by atoms with Crippen LogP contribution in [0.1, 0.15) is 88.2 Å². The van der Waals surface area contributed by atoms with Crippen LogP contribution in [0.25, 0.3) is 11.1 Å². The lowest BCUT2D eigenvalue weighted by Gasteiger charge is -2.38. The van der Waals surface area contributed by atoms with Crippen LogP contribution in [0.3, 0.4) is 0 Å². The highest BCUT2D eigenvalue weighted by Gasteiger charge is 2.31. The average molecular weight is 391 g/mol. The summed E-state index contributed by atoms with van der Waals surface area (Å²) >= 11 is 0. The summed E-state index contributed by atoms with van der Waals surface area (Å²) in [5, 5.41) is 9.54. The van der Waals surface area contributed by atoms with E-state index in [1.807, 2.05) is 12.1 Å². The molecule has 0 amide bonds. The molecule has 2 aliphatic carbocycles. The van der Waals surface area contributed by atoms with Gasteiger partial charge in [0.2, 0.25) is 0 Å². The fourth-order valence-corrected chi connectivity index (χ4v) is 6.19. The Bertz CT molecular complexity index is 774. The summed E-state index contributed by atoms with van der Waals surface area (Å²) in [7, 11) is 0. The van der Waals surface area contributed by atoms with Crippen molar-refractivity contribution in [2.24, 2.45) is 17.8 Å². The van der Waals surface area contributed by atoms with Crippen molar-refractivity contribution in [1.29, 1.82) is 0 Å². The van der Waals surface area contributed by atoms with E-state index in [0.717, 1.165) is 23.7 Å². The van der Waals surface area contributed by atoms with E-state index in [4.69, 9.17) is 0 Å². The number of phenols is 1. The van der Waals surface area contributed by atoms with Gasteiger partial charge < -0.3 is 5.11 Å². The summed E-state index contributed by atoms with van der Waals surface area (Å²) < 4.78 is 0. The molecule has 1 nitrogen and oxygen atoms in total. The van der Waals surface area contributed by atoms with E-state index in [-0.39, 0.29) is 0 Å². The van der Waals surface area contributed by atoms with Crippen molar-refractivity contribution in [1.82, 2.24) is 0 Å². The van der Waals surface area contributed by atoms with Crippen molar-refractivity contribution in [3.05, 3.63) is 53.6 Å². The first-order chi connectivity index (χ1) is 14.1. The van der Waals surface area contributed by atoms with Gasteiger partial charge in [0.15, 0.2) is 0 Å². The van der Waals surface area contributed by atoms with Gasteiger partial charge in [0.05, 0.1) is 0 Å². The van der Waals surface area contributed by atoms with Gasteiger partial charge in [0.25, 0.3) is 0 Å². The summed E-state index contributed by atoms with van der Waals surface area (Å²) in [6, 6.07) is 14.6. The topological polar surface area (TPSA) is 20.2 Å². The number of hydrogen-bond acceptors (Lipinski definition) is 1. The SMILES string of the molecule is CCCC1CCC(C2CCC(c3ccc(-c4ccc(O)cc4)c(C)c3)CC2)CC1. The normalized spacial score (nSPS) is 27.7. The van der Waals surface area contributed by atoms with E-state index >= 15 is 0 Å². The van der Waals surface area contributed by atoms with Gasteiger partial charge in [-0.05, 0) is 104 Å². The number of aromatic hydroxyl groups is 1. The standard InChI is InChI=1S/C28H38O/c1-3-4-21-5-7-22(8-6-21)23-9-11-24(12-10-23)26-15-18-28(20(2)19-26)25-13-16-27(29)17-14-25/h13-19,21-24,29H,3-12H2,1-2H3. The third-order valence-electron chi connectivity index (χ3n) is 7.93. The monoisotopic (exact) mass is 390 g/mol. The summed E-state index contributed by atoms with van der Waals surface area (Å²) in [6.45, 7) is 4.57. The predicted molar refractivity (Wildman–Crippen MR) is 123 cm³/mol. The number of phenolic OH excluding ortho intramolecular Hbond substituents is 1. The van der Waals surface area contributed by atoms with Crippen LogP contribution in [0.2, 0.25) is 0 Å². The molecule has 0 radical (unpaired) electrons. The molecule has 0 heterocycles. The van der Waals surface area contributed by atoms with Gasteiger partial charge in [-0.2, -0.15) is 0 Å². The van der Waals surface area contributed by atoms with Crippen LogP contribution < -0.4 is 0 Å². The van der Waals surface area contributed by atoms with Gasteiger partial charge in [0.1, 0.15) is 5.75 Å². The Labute approximate surface area is 177 Å². The lowest BCUT2D eigenvalue weighted by Crippen LogP contribution is -2.25. The molecule has 1 N–H and O–H groups in total. The molecule has 0 unspecified atom stereocenters. The third kappa shape index (κ3) is 4.87. The third-order valence-corrected chi connectivity index (χ3v) is 7.93. The van der Waals surface area contributed by atoms with Crippen molar-refractivity contribution < 1.29 is 5.11 Å². The molecule has 0 atom stereocenters. The van der Waals surface area contributed by atoms with Crippen LogP contribution in [0, 0.1) is 24.7 Å². The molecule has 0 spiro atoms. The number of benzene rings is 2. The zero-order chi connectivity index (χ0) is 20.2. The Morgan fingerprint density at radius 3 is 2.00 bits per heavy atom. The van der Waals surface area contributed by atoms with Crippen molar-refractivity contribution in [2.45, 2.75) is 84.0 Å². The molecule has 2 aromatic rings. The lowest BCUT2D eigenvalue weighted by atomic mass is 9.68. The van der Waals surface area contributed by atoms with Crippen LogP contribution in [0.5, 0.6) is 5.75 Å². The van der Waals surface area contributed by atoms with Crippen LogP contribution >= 0.6 is 0 Å². The number of rotatable bonds is 5. The van der Waals surface area contributed by atoms with E-state index in [1.54, 1.807) is 12.1 Å². The quantitative estimate of drug-likeness (QED) is 0.545. The van der Waals surface area contributed by atoms with E-state index < -0.39 is 0 Å². The molecule has 2 aromatic carbocycles. The zero-order valence-electron chi connectivity index (χ0n) is 18.4. The molecule has 4 rings (SSSR count). The molecule has 29 heavy (non-hydrogen) atoms. The van der Waals surface area contributed by atoms with E-state index in [2.05, 4.69) is 32.0 Å². The zero-order valence-corrected chi connectivity index (χ0v) is 18.4. The summed E-state index contributed by atoms with van der Waals surface area (Å²) in [5.41, 5.74) is 5.36. The Balaban J connectivity index is 1.34. The highest BCUT2D eigenvalue weighted by atomic mass is 16.3. The Hall–Kier alpha value is -1.76. The summed E-state index contributed by atoms with van der Waals surface area (Å²) in [5.74, 6) is 4.12. The first kappa shape index (κ1) is 20.5. The Morgan fingerprint density at radius 1 is 0.793 bits per heavy atom. The van der Waals surface area contributed by atoms with Gasteiger partial charge in [-0.25, -0.2) is 0 Å². The fraction of sp³-hybridized carbons (Fsp3) is 0.571. The largest absolute Gasteiger partial charge is 0.508 e. The maximum Gasteiger partial charge on any atom is 0.115 e. The second-order valence-corrected chi connectivity index (χ2v) is 9.80. The first-order valence-corrected chi connectivity index (χ1v) is 12.0. The van der Waals surface area contributed by atoms with Gasteiger partial charge in [-0.3, -0.25) is 0 Å². The van der Waals surface area contributed by atoms with Gasteiger partial charge in [-0.1, -0.05) is 62.9 Å². The van der Waals surface area contributed by atoms with Crippen molar-refractivity contribution >= 4 is 0 Å². The maximum absolute atomic E-state index is 9.54. The molecule has 0 aliphatic heterocycles. The van der Waals surface area contributed by atoms with Gasteiger partial charge in [-0.15, -0.1) is 0 Å². The molecule has 2 aliphatic rings. The van der Waals surface area contributed by atoms with Crippen LogP contribution in [0.15, 0.2) is 42.5 Å². The first-order valence-electron chi connectivity index (χ1n) is 12.0. The minimum absolute atomic E-state index is 0.332. The van der Waals surface area contributed by atoms with E-state index in [1.165, 1.54) is 86.5 Å². The van der Waals surface area contributed by atoms with Crippen LogP contribution in [0.4, 0.5) is 0 Å². The van der Waals surface area contributed by atoms with Gasteiger partial charge >= 0.3 is 0 Å². The Morgan fingerprint density at radius 2 is 1.41 bits per heavy atom. The van der Waals surface area contributed by atoms with Crippen LogP contribution in [-0.2, 0) is 0 Å². The van der Waals surface area contributed by atoms with Crippen molar-refractivity contribution in [3.63, 3.8) is 0 Å². The molecule has 156 valence electrons. The van der Waals surface area contributed by atoms with Gasteiger partial charge in [0, 0.05) is 0 Å². The van der Waals surface area contributed by atoms with E-state index in [0.29, 0.717) is 5.75 Å². The fourth-order valence-electron chi connectivity index (χ4n) is 6.19. The number of aryl methyl sites for hydroxylation is 1. The molecule has 2 saturated carbocycles. The molecular formula is C28H38O. The highest BCUT2D eigenvalue weighted by Crippen LogP contribution is 2.44.